The van der Waals surface area contributed by atoms with Crippen molar-refractivity contribution in [3.05, 3.63) is 38.8 Å². The number of nitrogens with zero attached hydrogens (tertiary/aromatic N) is 2. The van der Waals surface area contributed by atoms with Crippen LogP contribution in [0.4, 0.5) is 0 Å². The first-order chi connectivity index (χ1) is 9.15. The maximum Gasteiger partial charge on any atom is 0.0540 e. The summed E-state index contributed by atoms with van der Waals surface area (Å²) in [6.07, 6.45) is 5.69. The second-order valence-corrected chi connectivity index (χ2v) is 6.79. The molecule has 102 valence electrons. The highest BCUT2D eigenvalue weighted by Gasteiger charge is 2.22. The number of thiophene rings is 1. The van der Waals surface area contributed by atoms with Gasteiger partial charge in [0, 0.05) is 40.6 Å². The van der Waals surface area contributed by atoms with E-state index in [0.29, 0.717) is 6.04 Å². The van der Waals surface area contributed by atoms with Gasteiger partial charge in [-0.1, -0.05) is 0 Å². The van der Waals surface area contributed by atoms with E-state index in [0.717, 1.165) is 6.54 Å². The first kappa shape index (κ1) is 12.9. The van der Waals surface area contributed by atoms with Crippen LogP contribution in [0.1, 0.15) is 45.5 Å². The van der Waals surface area contributed by atoms with Crippen LogP contribution in [0.15, 0.2) is 12.3 Å². The Kier molecular flexibility index (Phi) is 3.46. The number of nitrogens with one attached hydrogen (secondary N) is 1. The maximum absolute atomic E-state index is 4.40. The molecular weight excluding hydrogens is 254 g/mol. The average Bonchev–Trinajstić information content (AvgIpc) is 2.92. The van der Waals surface area contributed by atoms with E-state index in [1.165, 1.54) is 45.8 Å². The minimum atomic E-state index is 0.472. The van der Waals surface area contributed by atoms with Crippen LogP contribution >= 0.6 is 11.3 Å². The second-order valence-electron chi connectivity index (χ2n) is 5.45. The minimum Gasteiger partial charge on any atom is -0.305 e. The molecule has 0 amide bonds. The largest absolute Gasteiger partial charge is 0.305 e. The standard InChI is InChI=1S/C15H21N3S/c1-10-7-12(19-11(10)2)8-16-14-5-4-6-15-13(14)9-17-18(15)3/h7,9,14,16H,4-6,8H2,1-3H3. The highest BCUT2D eigenvalue weighted by atomic mass is 32.1. The molecule has 0 spiro atoms. The summed E-state index contributed by atoms with van der Waals surface area (Å²) >= 11 is 1.91. The summed E-state index contributed by atoms with van der Waals surface area (Å²) in [6, 6.07) is 2.78. The fraction of sp³-hybridized carbons (Fsp3) is 0.533. The Labute approximate surface area is 118 Å². The summed E-state index contributed by atoms with van der Waals surface area (Å²) in [7, 11) is 2.05. The Morgan fingerprint density at radius 2 is 2.32 bits per heavy atom. The van der Waals surface area contributed by atoms with Crippen molar-refractivity contribution >= 4 is 11.3 Å². The van der Waals surface area contributed by atoms with Gasteiger partial charge in [-0.2, -0.15) is 5.10 Å². The van der Waals surface area contributed by atoms with Crippen molar-refractivity contribution in [1.29, 1.82) is 0 Å². The van der Waals surface area contributed by atoms with Crippen molar-refractivity contribution in [3.8, 4) is 0 Å². The van der Waals surface area contributed by atoms with Crippen molar-refractivity contribution in [3.63, 3.8) is 0 Å². The van der Waals surface area contributed by atoms with Gasteiger partial charge in [-0.15, -0.1) is 11.3 Å². The second kappa shape index (κ2) is 5.10. The Morgan fingerprint density at radius 3 is 3.05 bits per heavy atom. The first-order valence-corrected chi connectivity index (χ1v) is 7.77. The third-order valence-electron chi connectivity index (χ3n) is 4.12. The summed E-state index contributed by atoms with van der Waals surface area (Å²) in [6.45, 7) is 5.36. The van der Waals surface area contributed by atoms with E-state index < -0.39 is 0 Å². The Morgan fingerprint density at radius 1 is 1.47 bits per heavy atom. The fourth-order valence-corrected chi connectivity index (χ4v) is 3.88. The number of hydrogen-bond acceptors (Lipinski definition) is 3. The summed E-state index contributed by atoms with van der Waals surface area (Å²) < 4.78 is 2.03. The molecule has 0 aromatic carbocycles. The first-order valence-electron chi connectivity index (χ1n) is 6.95. The van der Waals surface area contributed by atoms with E-state index in [-0.39, 0.29) is 0 Å². The predicted molar refractivity (Wildman–Crippen MR) is 79.5 cm³/mol. The summed E-state index contributed by atoms with van der Waals surface area (Å²) in [5.74, 6) is 0. The van der Waals surface area contributed by atoms with Crippen LogP contribution in [-0.2, 0) is 20.0 Å². The Hall–Kier alpha value is -1.13. The molecule has 0 fully saturated rings. The zero-order chi connectivity index (χ0) is 13.4. The van der Waals surface area contributed by atoms with Crippen LogP contribution in [0.5, 0.6) is 0 Å². The molecule has 1 aliphatic rings. The lowest BCUT2D eigenvalue weighted by molar-refractivity contribution is 0.453. The molecule has 2 heterocycles. The van der Waals surface area contributed by atoms with Gasteiger partial charge >= 0.3 is 0 Å². The van der Waals surface area contributed by atoms with Crippen LogP contribution in [0.3, 0.4) is 0 Å². The molecule has 1 unspecified atom stereocenters. The highest BCUT2D eigenvalue weighted by Crippen LogP contribution is 2.30. The molecule has 1 atom stereocenters. The minimum absolute atomic E-state index is 0.472. The van der Waals surface area contributed by atoms with Gasteiger partial charge in [-0.3, -0.25) is 4.68 Å². The number of fused-ring (bicyclic) bond motifs is 1. The smallest absolute Gasteiger partial charge is 0.0540 e. The number of hydrogen-bond donors (Lipinski definition) is 1. The SMILES string of the molecule is Cc1cc(CNC2CCCc3c2cnn3C)sc1C. The molecule has 2 aromatic rings. The number of aromatic nitrogens is 2. The van der Waals surface area contributed by atoms with E-state index in [9.17, 15) is 0 Å². The Bertz CT molecular complexity index is 563. The normalized spacial score (nSPS) is 18.6. The quantitative estimate of drug-likeness (QED) is 0.931. The van der Waals surface area contributed by atoms with Gasteiger partial charge in [0.1, 0.15) is 0 Å². The van der Waals surface area contributed by atoms with E-state index >= 15 is 0 Å². The molecule has 2 aromatic heterocycles. The lowest BCUT2D eigenvalue weighted by Crippen LogP contribution is -2.24. The van der Waals surface area contributed by atoms with Crippen LogP contribution in [0.2, 0.25) is 0 Å². The molecular formula is C15H21N3S. The van der Waals surface area contributed by atoms with Gasteiger partial charge in [-0.05, 0) is 44.7 Å². The highest BCUT2D eigenvalue weighted by molar-refractivity contribution is 7.12. The summed E-state index contributed by atoms with van der Waals surface area (Å²) in [4.78, 5) is 2.87. The molecule has 0 radical (unpaired) electrons. The molecule has 0 bridgehead atoms. The zero-order valence-electron chi connectivity index (χ0n) is 11.9. The molecule has 3 rings (SSSR count). The molecule has 1 aliphatic carbocycles. The van der Waals surface area contributed by atoms with Gasteiger partial charge in [0.15, 0.2) is 0 Å². The van der Waals surface area contributed by atoms with Crippen LogP contribution in [0, 0.1) is 13.8 Å². The number of aryl methyl sites for hydroxylation is 3. The summed E-state index contributed by atoms with van der Waals surface area (Å²) in [5, 5.41) is 8.11. The predicted octanol–water partition coefficient (Wildman–Crippen LogP) is 3.27. The van der Waals surface area contributed by atoms with E-state index in [1.54, 1.807) is 0 Å². The topological polar surface area (TPSA) is 29.9 Å². The van der Waals surface area contributed by atoms with Gasteiger partial charge in [0.2, 0.25) is 0 Å². The maximum atomic E-state index is 4.40. The molecule has 0 saturated carbocycles. The molecule has 4 heteroatoms. The molecule has 1 N–H and O–H groups in total. The average molecular weight is 275 g/mol. The fourth-order valence-electron chi connectivity index (χ4n) is 2.88. The lowest BCUT2D eigenvalue weighted by atomic mass is 9.93. The summed E-state index contributed by atoms with van der Waals surface area (Å²) in [5.41, 5.74) is 4.22. The third-order valence-corrected chi connectivity index (χ3v) is 5.27. The third kappa shape index (κ3) is 2.47. The molecule has 3 nitrogen and oxygen atoms in total. The van der Waals surface area contributed by atoms with Gasteiger partial charge in [0.05, 0.1) is 6.20 Å². The van der Waals surface area contributed by atoms with E-state index in [4.69, 9.17) is 0 Å². The lowest BCUT2D eigenvalue weighted by Gasteiger charge is -2.23. The van der Waals surface area contributed by atoms with E-state index in [1.807, 2.05) is 29.3 Å². The van der Waals surface area contributed by atoms with Crippen LogP contribution in [-0.4, -0.2) is 9.78 Å². The zero-order valence-corrected chi connectivity index (χ0v) is 12.7. The molecule has 0 aliphatic heterocycles. The van der Waals surface area contributed by atoms with Gasteiger partial charge in [0.25, 0.3) is 0 Å². The van der Waals surface area contributed by atoms with Gasteiger partial charge in [-0.25, -0.2) is 0 Å². The molecule has 0 saturated heterocycles. The van der Waals surface area contributed by atoms with Crippen LogP contribution in [0.25, 0.3) is 0 Å². The van der Waals surface area contributed by atoms with Crippen molar-refractivity contribution in [2.45, 2.75) is 45.7 Å². The van der Waals surface area contributed by atoms with Gasteiger partial charge < -0.3 is 5.32 Å². The van der Waals surface area contributed by atoms with Crippen LogP contribution < -0.4 is 5.32 Å². The van der Waals surface area contributed by atoms with E-state index in [2.05, 4.69) is 30.3 Å². The van der Waals surface area contributed by atoms with Crippen molar-refractivity contribution in [1.82, 2.24) is 15.1 Å². The monoisotopic (exact) mass is 275 g/mol. The van der Waals surface area contributed by atoms with Crippen molar-refractivity contribution in [2.75, 3.05) is 0 Å². The Balaban J connectivity index is 1.71. The van der Waals surface area contributed by atoms with Crippen molar-refractivity contribution < 1.29 is 0 Å². The molecule has 19 heavy (non-hydrogen) atoms. The van der Waals surface area contributed by atoms with Crippen molar-refractivity contribution in [2.24, 2.45) is 7.05 Å². The number of rotatable bonds is 3.